The van der Waals surface area contributed by atoms with Crippen molar-refractivity contribution in [3.8, 4) is 11.1 Å². The van der Waals surface area contributed by atoms with Crippen LogP contribution in [0.1, 0.15) is 11.8 Å². The summed E-state index contributed by atoms with van der Waals surface area (Å²) in [5.74, 6) is 0.452. The molecule has 2 aromatic heterocycles. The van der Waals surface area contributed by atoms with Crippen molar-refractivity contribution in [1.29, 1.82) is 0 Å². The number of nitrogens with zero attached hydrogens (tertiary/aromatic N) is 2. The van der Waals surface area contributed by atoms with Crippen LogP contribution in [0, 0.1) is 0 Å². The Hall–Kier alpha value is -3.75. The first-order valence-corrected chi connectivity index (χ1v) is 11.4. The van der Waals surface area contributed by atoms with Crippen LogP contribution in [-0.2, 0) is 6.42 Å². The summed E-state index contributed by atoms with van der Waals surface area (Å²) in [6.45, 7) is 2.09. The highest BCUT2D eigenvalue weighted by atomic mass is 35.5. The van der Waals surface area contributed by atoms with E-state index in [0.29, 0.717) is 22.2 Å². The molecule has 0 fully saturated rings. The molecule has 3 aromatic carbocycles. The summed E-state index contributed by atoms with van der Waals surface area (Å²) in [7, 11) is 0. The molecule has 0 aliphatic rings. The van der Waals surface area contributed by atoms with Gasteiger partial charge in [0.15, 0.2) is 0 Å². The normalized spacial score (nSPS) is 11.2. The molecule has 0 radical (unpaired) electrons. The second-order valence-electron chi connectivity index (χ2n) is 7.44. The second-order valence-corrected chi connectivity index (χ2v) is 8.96. The topological polar surface area (TPSA) is 110 Å². The third kappa shape index (κ3) is 3.73. The van der Waals surface area contributed by atoms with Crippen LogP contribution in [0.3, 0.4) is 0 Å². The smallest absolute Gasteiger partial charge is 0.253 e. The van der Waals surface area contributed by atoms with E-state index in [0.717, 1.165) is 27.8 Å². The molecule has 0 saturated heterocycles. The number of benzene rings is 2. The van der Waals surface area contributed by atoms with Crippen molar-refractivity contribution < 1.29 is 0 Å². The minimum atomic E-state index is -0.568. The Bertz CT molecular complexity index is 1570. The van der Waals surface area contributed by atoms with E-state index >= 15 is 0 Å². The summed E-state index contributed by atoms with van der Waals surface area (Å²) in [5.41, 5.74) is 8.78. The van der Waals surface area contributed by atoms with Gasteiger partial charge in [-0.25, -0.2) is 9.97 Å². The van der Waals surface area contributed by atoms with Gasteiger partial charge in [0.05, 0.1) is 5.39 Å². The molecule has 5 rings (SSSR count). The number of nitrogen functional groups attached to an aromatic ring is 1. The summed E-state index contributed by atoms with van der Waals surface area (Å²) in [4.78, 5) is 34.9. The third-order valence-corrected chi connectivity index (χ3v) is 6.84. The Balaban J connectivity index is 1.45. The van der Waals surface area contributed by atoms with E-state index in [1.165, 1.54) is 11.2 Å². The molecule has 0 spiro atoms. The maximum Gasteiger partial charge on any atom is 0.253 e. The van der Waals surface area contributed by atoms with E-state index in [4.69, 9.17) is 17.3 Å². The van der Waals surface area contributed by atoms with E-state index in [9.17, 15) is 9.59 Å². The van der Waals surface area contributed by atoms with Gasteiger partial charge in [-0.3, -0.25) is 9.59 Å². The Labute approximate surface area is 197 Å². The van der Waals surface area contributed by atoms with E-state index in [1.54, 1.807) is 35.6 Å². The molecule has 0 bridgehead atoms. The molecular weight excluding hydrogens is 458 g/mol. The van der Waals surface area contributed by atoms with Crippen molar-refractivity contribution >= 4 is 61.7 Å². The lowest BCUT2D eigenvalue weighted by molar-refractivity contribution is 1.19. The molecule has 0 aliphatic heterocycles. The first-order chi connectivity index (χ1) is 16.0. The molecule has 164 valence electrons. The fourth-order valence-electron chi connectivity index (χ4n) is 3.76. The van der Waals surface area contributed by atoms with E-state index in [1.807, 2.05) is 24.3 Å². The predicted molar refractivity (Wildman–Crippen MR) is 136 cm³/mol. The molecule has 2 heterocycles. The summed E-state index contributed by atoms with van der Waals surface area (Å²) in [6.07, 6.45) is 2.32. The van der Waals surface area contributed by atoms with Gasteiger partial charge < -0.3 is 16.4 Å². The highest BCUT2D eigenvalue weighted by Crippen LogP contribution is 2.40. The SMILES string of the molecule is CCc1sc2ncnc(N)c2c1-c1ccc(Nc2c(Nc3cccc(Cl)c3)c(=O)c2=O)cc1. The first kappa shape index (κ1) is 21.1. The molecule has 0 saturated carbocycles. The number of anilines is 5. The van der Waals surface area contributed by atoms with Gasteiger partial charge in [-0.15, -0.1) is 11.3 Å². The molecule has 4 N–H and O–H groups in total. The molecular formula is C24H18ClN5O2S. The minimum Gasteiger partial charge on any atom is -0.383 e. The zero-order valence-electron chi connectivity index (χ0n) is 17.5. The van der Waals surface area contributed by atoms with Crippen molar-refractivity contribution in [2.75, 3.05) is 16.4 Å². The number of nitrogens with one attached hydrogen (secondary N) is 2. The number of hydrogen-bond acceptors (Lipinski definition) is 8. The number of aromatic nitrogens is 2. The maximum atomic E-state index is 12.2. The van der Waals surface area contributed by atoms with Crippen LogP contribution in [0.5, 0.6) is 0 Å². The zero-order chi connectivity index (χ0) is 23.1. The lowest BCUT2D eigenvalue weighted by atomic mass is 10.0. The quantitative estimate of drug-likeness (QED) is 0.288. The Morgan fingerprint density at radius 3 is 2.33 bits per heavy atom. The number of nitrogens with two attached hydrogens (primary N) is 1. The number of fused-ring (bicyclic) bond motifs is 1. The summed E-state index contributed by atoms with van der Waals surface area (Å²) in [5, 5.41) is 7.43. The van der Waals surface area contributed by atoms with Crippen LogP contribution in [-0.4, -0.2) is 9.97 Å². The number of rotatable bonds is 6. The minimum absolute atomic E-state index is 0.216. The lowest BCUT2D eigenvalue weighted by Gasteiger charge is -2.15. The molecule has 0 aliphatic carbocycles. The van der Waals surface area contributed by atoms with Gasteiger partial charge in [-0.05, 0) is 42.3 Å². The van der Waals surface area contributed by atoms with Crippen molar-refractivity contribution in [2.45, 2.75) is 13.3 Å². The monoisotopic (exact) mass is 475 g/mol. The van der Waals surface area contributed by atoms with Crippen LogP contribution < -0.4 is 27.2 Å². The fourth-order valence-corrected chi connectivity index (χ4v) is 5.06. The van der Waals surface area contributed by atoms with Gasteiger partial charge >= 0.3 is 0 Å². The van der Waals surface area contributed by atoms with Gasteiger partial charge in [0.2, 0.25) is 0 Å². The maximum absolute atomic E-state index is 12.2. The van der Waals surface area contributed by atoms with Crippen molar-refractivity contribution in [1.82, 2.24) is 9.97 Å². The van der Waals surface area contributed by atoms with Crippen LogP contribution >= 0.6 is 22.9 Å². The van der Waals surface area contributed by atoms with Crippen LogP contribution in [0.15, 0.2) is 64.4 Å². The van der Waals surface area contributed by atoms with Gasteiger partial charge in [-0.1, -0.05) is 36.7 Å². The third-order valence-electron chi connectivity index (χ3n) is 5.36. The molecule has 0 atom stereocenters. The van der Waals surface area contributed by atoms with Crippen molar-refractivity contribution in [3.05, 3.63) is 85.2 Å². The molecule has 9 heteroatoms. The second kappa shape index (κ2) is 8.31. The van der Waals surface area contributed by atoms with Gasteiger partial charge in [0, 0.05) is 26.8 Å². The first-order valence-electron chi connectivity index (χ1n) is 10.2. The van der Waals surface area contributed by atoms with Gasteiger partial charge in [-0.2, -0.15) is 0 Å². The standard InChI is InChI=1S/C24H18ClN5O2S/c1-2-16-17(18-23(26)27-11-28-24(18)33-16)12-6-8-14(9-7-12)29-19-20(22(32)21(19)31)30-15-5-3-4-13(25)10-15/h3-11,29-30H,2H2,1H3,(H2,26,27,28). The van der Waals surface area contributed by atoms with E-state index < -0.39 is 10.9 Å². The molecule has 5 aromatic rings. The number of aryl methyl sites for hydroxylation is 1. The zero-order valence-corrected chi connectivity index (χ0v) is 19.1. The average Bonchev–Trinajstić information content (AvgIpc) is 3.21. The molecule has 33 heavy (non-hydrogen) atoms. The molecule has 0 amide bonds. The largest absolute Gasteiger partial charge is 0.383 e. The van der Waals surface area contributed by atoms with Crippen LogP contribution in [0.2, 0.25) is 5.02 Å². The molecule has 0 unspecified atom stereocenters. The van der Waals surface area contributed by atoms with Crippen molar-refractivity contribution in [3.63, 3.8) is 0 Å². The van der Waals surface area contributed by atoms with E-state index in [-0.39, 0.29) is 11.4 Å². The lowest BCUT2D eigenvalue weighted by Crippen LogP contribution is -2.35. The Morgan fingerprint density at radius 2 is 1.67 bits per heavy atom. The van der Waals surface area contributed by atoms with Crippen LogP contribution in [0.25, 0.3) is 21.3 Å². The number of halogens is 1. The van der Waals surface area contributed by atoms with Gasteiger partial charge in [0.1, 0.15) is 28.4 Å². The number of thiophene rings is 1. The highest BCUT2D eigenvalue weighted by molar-refractivity contribution is 7.19. The summed E-state index contributed by atoms with van der Waals surface area (Å²) in [6, 6.07) is 14.6. The average molecular weight is 476 g/mol. The van der Waals surface area contributed by atoms with E-state index in [2.05, 4.69) is 27.5 Å². The molecule has 7 nitrogen and oxygen atoms in total. The highest BCUT2D eigenvalue weighted by Gasteiger charge is 2.22. The number of hydrogen-bond donors (Lipinski definition) is 3. The van der Waals surface area contributed by atoms with Gasteiger partial charge in [0.25, 0.3) is 10.9 Å². The summed E-state index contributed by atoms with van der Waals surface area (Å²) < 4.78 is 0. The Kier molecular flexibility index (Phi) is 5.32. The Morgan fingerprint density at radius 1 is 0.970 bits per heavy atom. The fraction of sp³-hybridized carbons (Fsp3) is 0.0833. The predicted octanol–water partition coefficient (Wildman–Crippen LogP) is 5.24. The summed E-state index contributed by atoms with van der Waals surface area (Å²) >= 11 is 7.62. The van der Waals surface area contributed by atoms with Crippen molar-refractivity contribution in [2.24, 2.45) is 0 Å². The van der Waals surface area contributed by atoms with Crippen LogP contribution in [0.4, 0.5) is 28.6 Å².